The molecule has 0 atom stereocenters. The van der Waals surface area contributed by atoms with Gasteiger partial charge in [0.05, 0.1) is 0 Å². The lowest BCUT2D eigenvalue weighted by Gasteiger charge is -2.13. The van der Waals surface area contributed by atoms with Gasteiger partial charge in [0.25, 0.3) is 11.8 Å². The van der Waals surface area contributed by atoms with Crippen LogP contribution >= 0.6 is 0 Å². The molecule has 88 valence electrons. The maximum atomic E-state index is 11.1. The van der Waals surface area contributed by atoms with Crippen LogP contribution in [0.25, 0.3) is 0 Å². The first-order valence-corrected chi connectivity index (χ1v) is 4.74. The SMILES string of the molecule is CNOCC(=O)NCCN1C(=O)C=CC1=O. The molecule has 0 bridgehead atoms. The molecule has 16 heavy (non-hydrogen) atoms. The number of nitrogens with zero attached hydrogens (tertiary/aromatic N) is 1. The van der Waals surface area contributed by atoms with E-state index in [9.17, 15) is 14.4 Å². The number of rotatable bonds is 6. The largest absolute Gasteiger partial charge is 0.352 e. The minimum atomic E-state index is -0.356. The summed E-state index contributed by atoms with van der Waals surface area (Å²) < 4.78 is 0. The number of imide groups is 1. The average Bonchev–Trinajstić information content (AvgIpc) is 2.57. The van der Waals surface area contributed by atoms with Crippen molar-refractivity contribution in [2.75, 3.05) is 26.7 Å². The minimum Gasteiger partial charge on any atom is -0.352 e. The van der Waals surface area contributed by atoms with Crippen molar-refractivity contribution >= 4 is 17.7 Å². The molecule has 1 rings (SSSR count). The first-order valence-electron chi connectivity index (χ1n) is 4.74. The van der Waals surface area contributed by atoms with Crippen molar-refractivity contribution < 1.29 is 19.2 Å². The highest BCUT2D eigenvalue weighted by Crippen LogP contribution is 2.01. The third-order valence-electron chi connectivity index (χ3n) is 1.91. The number of carbonyl (C=O) groups excluding carboxylic acids is 3. The smallest absolute Gasteiger partial charge is 0.253 e. The average molecular weight is 227 g/mol. The standard InChI is InChI=1S/C9H13N3O4/c1-10-16-6-7(13)11-4-5-12-8(14)2-3-9(12)15/h2-3,10H,4-6H2,1H3,(H,11,13). The highest BCUT2D eigenvalue weighted by molar-refractivity contribution is 6.12. The van der Waals surface area contributed by atoms with E-state index in [1.54, 1.807) is 7.05 Å². The van der Waals surface area contributed by atoms with Crippen molar-refractivity contribution in [3.8, 4) is 0 Å². The fourth-order valence-electron chi connectivity index (χ4n) is 1.15. The molecule has 0 aromatic rings. The van der Waals surface area contributed by atoms with E-state index in [4.69, 9.17) is 0 Å². The summed E-state index contributed by atoms with van der Waals surface area (Å²) >= 11 is 0. The Kier molecular flexibility index (Phi) is 4.62. The Morgan fingerprint density at radius 1 is 1.38 bits per heavy atom. The summed E-state index contributed by atoms with van der Waals surface area (Å²) in [6.45, 7) is 0.262. The van der Waals surface area contributed by atoms with Crippen LogP contribution in [0.5, 0.6) is 0 Å². The van der Waals surface area contributed by atoms with Gasteiger partial charge in [0.1, 0.15) is 6.61 Å². The fraction of sp³-hybridized carbons (Fsp3) is 0.444. The van der Waals surface area contributed by atoms with Gasteiger partial charge in [-0.15, -0.1) is 0 Å². The molecule has 0 saturated carbocycles. The zero-order valence-corrected chi connectivity index (χ0v) is 8.86. The molecule has 2 N–H and O–H groups in total. The van der Waals surface area contributed by atoms with Gasteiger partial charge in [-0.25, -0.2) is 5.48 Å². The summed E-state index contributed by atoms with van der Waals surface area (Å²) in [5, 5.41) is 2.51. The Morgan fingerprint density at radius 3 is 2.56 bits per heavy atom. The number of hydrogen-bond donors (Lipinski definition) is 2. The number of hydroxylamine groups is 1. The second kappa shape index (κ2) is 5.99. The molecule has 0 aromatic carbocycles. The maximum absolute atomic E-state index is 11.1. The van der Waals surface area contributed by atoms with Crippen molar-refractivity contribution in [2.45, 2.75) is 0 Å². The molecule has 0 unspecified atom stereocenters. The van der Waals surface area contributed by atoms with Crippen LogP contribution in [0.15, 0.2) is 12.2 Å². The summed E-state index contributed by atoms with van der Waals surface area (Å²) in [5.74, 6) is -1.03. The molecule has 7 nitrogen and oxygen atoms in total. The van der Waals surface area contributed by atoms with E-state index in [1.165, 1.54) is 12.2 Å². The molecule has 0 fully saturated rings. The van der Waals surface area contributed by atoms with Crippen molar-refractivity contribution in [3.63, 3.8) is 0 Å². The molecule has 7 heteroatoms. The van der Waals surface area contributed by atoms with Crippen molar-refractivity contribution in [2.24, 2.45) is 0 Å². The number of nitrogens with one attached hydrogen (secondary N) is 2. The first-order chi connectivity index (χ1) is 7.65. The van der Waals surface area contributed by atoms with Gasteiger partial charge in [0, 0.05) is 32.3 Å². The first kappa shape index (κ1) is 12.3. The third-order valence-corrected chi connectivity index (χ3v) is 1.91. The van der Waals surface area contributed by atoms with Crippen LogP contribution in [0.1, 0.15) is 0 Å². The lowest BCUT2D eigenvalue weighted by atomic mass is 10.5. The Morgan fingerprint density at radius 2 is 2.00 bits per heavy atom. The molecule has 1 aliphatic heterocycles. The van der Waals surface area contributed by atoms with Crippen LogP contribution in [0, 0.1) is 0 Å². The van der Waals surface area contributed by atoms with Crippen molar-refractivity contribution in [1.29, 1.82) is 0 Å². The van der Waals surface area contributed by atoms with Crippen LogP contribution in [0.2, 0.25) is 0 Å². The molecular weight excluding hydrogens is 214 g/mol. The summed E-state index contributed by atoms with van der Waals surface area (Å²) in [6, 6.07) is 0. The Balaban J connectivity index is 2.18. The van der Waals surface area contributed by atoms with Gasteiger partial charge < -0.3 is 5.32 Å². The van der Waals surface area contributed by atoms with Gasteiger partial charge in [0.2, 0.25) is 5.91 Å². The molecule has 0 aromatic heterocycles. The zero-order valence-electron chi connectivity index (χ0n) is 8.86. The maximum Gasteiger partial charge on any atom is 0.253 e. The van der Waals surface area contributed by atoms with E-state index >= 15 is 0 Å². The van der Waals surface area contributed by atoms with Crippen LogP contribution in [-0.4, -0.2) is 49.4 Å². The van der Waals surface area contributed by atoms with Gasteiger partial charge in [-0.3, -0.25) is 24.1 Å². The van der Waals surface area contributed by atoms with Crippen molar-refractivity contribution in [3.05, 3.63) is 12.2 Å². The fourth-order valence-corrected chi connectivity index (χ4v) is 1.15. The summed E-state index contributed by atoms with van der Waals surface area (Å²) in [7, 11) is 1.54. The van der Waals surface area contributed by atoms with Gasteiger partial charge in [-0.2, -0.15) is 0 Å². The van der Waals surface area contributed by atoms with Crippen LogP contribution in [-0.2, 0) is 19.2 Å². The highest BCUT2D eigenvalue weighted by atomic mass is 16.6. The van der Waals surface area contributed by atoms with E-state index < -0.39 is 0 Å². The predicted octanol–water partition coefficient (Wildman–Crippen LogP) is -1.82. The number of amides is 3. The second-order valence-corrected chi connectivity index (χ2v) is 3.00. The lowest BCUT2D eigenvalue weighted by Crippen LogP contribution is -2.39. The summed E-state index contributed by atoms with van der Waals surface area (Å²) in [6.07, 6.45) is 2.41. The molecule has 0 spiro atoms. The Hall–Kier alpha value is -1.73. The third kappa shape index (κ3) is 3.44. The van der Waals surface area contributed by atoms with Crippen LogP contribution in [0.3, 0.4) is 0 Å². The minimum absolute atomic E-state index is 0.114. The molecule has 1 aliphatic rings. The topological polar surface area (TPSA) is 87.7 Å². The molecule has 3 amide bonds. The Bertz CT molecular complexity index is 309. The number of hydrogen-bond acceptors (Lipinski definition) is 5. The normalized spacial score (nSPS) is 14.7. The Labute approximate surface area is 92.4 Å². The molecule has 1 heterocycles. The highest BCUT2D eigenvalue weighted by Gasteiger charge is 2.22. The monoisotopic (exact) mass is 227 g/mol. The van der Waals surface area contributed by atoms with Gasteiger partial charge in [0.15, 0.2) is 0 Å². The second-order valence-electron chi connectivity index (χ2n) is 3.00. The van der Waals surface area contributed by atoms with E-state index in [2.05, 4.69) is 15.6 Å². The van der Waals surface area contributed by atoms with E-state index in [0.717, 1.165) is 4.90 Å². The van der Waals surface area contributed by atoms with Gasteiger partial charge >= 0.3 is 0 Å². The molecular formula is C9H13N3O4. The zero-order chi connectivity index (χ0) is 12.0. The summed E-state index contributed by atoms with van der Waals surface area (Å²) in [5.41, 5.74) is 2.35. The van der Waals surface area contributed by atoms with E-state index in [1.807, 2.05) is 0 Å². The lowest BCUT2D eigenvalue weighted by molar-refractivity contribution is -0.137. The van der Waals surface area contributed by atoms with E-state index in [0.29, 0.717) is 0 Å². The molecule has 0 radical (unpaired) electrons. The van der Waals surface area contributed by atoms with E-state index in [-0.39, 0.29) is 37.4 Å². The molecule has 0 saturated heterocycles. The van der Waals surface area contributed by atoms with Crippen molar-refractivity contribution in [1.82, 2.24) is 15.7 Å². The quantitative estimate of drug-likeness (QED) is 0.412. The molecule has 0 aliphatic carbocycles. The van der Waals surface area contributed by atoms with Crippen LogP contribution < -0.4 is 10.8 Å². The summed E-state index contributed by atoms with van der Waals surface area (Å²) in [4.78, 5) is 39.0. The predicted molar refractivity (Wildman–Crippen MR) is 53.9 cm³/mol. The van der Waals surface area contributed by atoms with Crippen LogP contribution in [0.4, 0.5) is 0 Å². The van der Waals surface area contributed by atoms with Gasteiger partial charge in [-0.05, 0) is 0 Å². The van der Waals surface area contributed by atoms with Gasteiger partial charge in [-0.1, -0.05) is 0 Å². The number of carbonyl (C=O) groups is 3.